The predicted molar refractivity (Wildman–Crippen MR) is 107 cm³/mol. The number of H-pyrrole nitrogens is 1. The number of methoxy groups -OCH3 is 1. The second-order valence-corrected chi connectivity index (χ2v) is 6.13. The second kappa shape index (κ2) is 6.84. The molecular formula is C21H18N4O2. The van der Waals surface area contributed by atoms with E-state index in [1.807, 2.05) is 48.5 Å². The van der Waals surface area contributed by atoms with Gasteiger partial charge in [0.15, 0.2) is 0 Å². The Morgan fingerprint density at radius 2 is 1.89 bits per heavy atom. The van der Waals surface area contributed by atoms with Crippen molar-refractivity contribution in [1.82, 2.24) is 9.97 Å². The quantitative estimate of drug-likeness (QED) is 0.479. The highest BCUT2D eigenvalue weighted by molar-refractivity contribution is 6.06. The highest BCUT2D eigenvalue weighted by Crippen LogP contribution is 2.23. The number of aromatic amines is 1. The van der Waals surface area contributed by atoms with Crippen LogP contribution < -0.4 is 15.8 Å². The van der Waals surface area contributed by atoms with Crippen molar-refractivity contribution in [2.75, 3.05) is 18.2 Å². The minimum Gasteiger partial charge on any atom is -0.497 e. The normalized spacial score (nSPS) is 10.7. The number of fused-ring (bicyclic) bond motifs is 1. The Labute approximate surface area is 156 Å². The summed E-state index contributed by atoms with van der Waals surface area (Å²) in [7, 11) is 1.59. The van der Waals surface area contributed by atoms with Gasteiger partial charge in [0, 0.05) is 28.6 Å². The first-order valence-corrected chi connectivity index (χ1v) is 8.43. The Kier molecular flexibility index (Phi) is 4.22. The number of hydrogen-bond donors (Lipinski definition) is 3. The van der Waals surface area contributed by atoms with Crippen LogP contribution in [-0.2, 0) is 0 Å². The van der Waals surface area contributed by atoms with Gasteiger partial charge in [-0.05, 0) is 54.6 Å². The monoisotopic (exact) mass is 358 g/mol. The molecule has 1 heterocycles. The molecule has 27 heavy (non-hydrogen) atoms. The van der Waals surface area contributed by atoms with E-state index in [1.165, 1.54) is 0 Å². The van der Waals surface area contributed by atoms with E-state index in [0.717, 1.165) is 22.4 Å². The summed E-state index contributed by atoms with van der Waals surface area (Å²) in [4.78, 5) is 20.4. The van der Waals surface area contributed by atoms with E-state index in [4.69, 9.17) is 10.5 Å². The fraction of sp³-hybridized carbons (Fsp3) is 0.0476. The van der Waals surface area contributed by atoms with Gasteiger partial charge in [0.2, 0.25) is 0 Å². The molecule has 4 aromatic rings. The van der Waals surface area contributed by atoms with Crippen LogP contribution in [0.25, 0.3) is 22.4 Å². The number of anilines is 2. The maximum atomic E-state index is 12.6. The summed E-state index contributed by atoms with van der Waals surface area (Å²) < 4.78 is 5.18. The average molecular weight is 358 g/mol. The molecule has 0 saturated heterocycles. The van der Waals surface area contributed by atoms with Crippen LogP contribution in [0, 0.1) is 0 Å². The van der Waals surface area contributed by atoms with E-state index in [1.54, 1.807) is 25.3 Å². The van der Waals surface area contributed by atoms with Gasteiger partial charge in [0.05, 0.1) is 18.1 Å². The maximum Gasteiger partial charge on any atom is 0.255 e. The number of rotatable bonds is 4. The summed E-state index contributed by atoms with van der Waals surface area (Å²) in [6.07, 6.45) is 0. The number of ether oxygens (including phenoxy) is 1. The number of aromatic nitrogens is 2. The Morgan fingerprint density at radius 1 is 1.07 bits per heavy atom. The van der Waals surface area contributed by atoms with Crippen molar-refractivity contribution in [2.45, 2.75) is 0 Å². The molecule has 0 unspecified atom stereocenters. The number of imidazole rings is 1. The molecule has 0 aliphatic rings. The largest absolute Gasteiger partial charge is 0.497 e. The third-order valence-corrected chi connectivity index (χ3v) is 4.26. The van der Waals surface area contributed by atoms with Crippen molar-refractivity contribution in [3.8, 4) is 17.1 Å². The van der Waals surface area contributed by atoms with E-state index in [-0.39, 0.29) is 5.91 Å². The number of carbonyl (C=O) groups is 1. The number of amides is 1. The third kappa shape index (κ3) is 3.46. The molecule has 6 nitrogen and oxygen atoms in total. The molecule has 4 N–H and O–H groups in total. The minimum absolute atomic E-state index is 0.206. The Hall–Kier alpha value is -3.80. The van der Waals surface area contributed by atoms with Gasteiger partial charge in [-0.15, -0.1) is 0 Å². The van der Waals surface area contributed by atoms with Crippen LogP contribution in [0.5, 0.6) is 5.75 Å². The average Bonchev–Trinajstić information content (AvgIpc) is 3.12. The number of nitrogen functional groups attached to an aromatic ring is 1. The molecule has 6 heteroatoms. The second-order valence-electron chi connectivity index (χ2n) is 6.13. The molecule has 1 amide bonds. The Morgan fingerprint density at radius 3 is 2.67 bits per heavy atom. The van der Waals surface area contributed by atoms with Gasteiger partial charge in [0.1, 0.15) is 11.6 Å². The molecule has 3 aromatic carbocycles. The molecule has 0 atom stereocenters. The van der Waals surface area contributed by atoms with Crippen molar-refractivity contribution in [3.63, 3.8) is 0 Å². The molecule has 0 saturated carbocycles. The number of benzene rings is 3. The maximum absolute atomic E-state index is 12.6. The molecule has 4 rings (SSSR count). The zero-order valence-corrected chi connectivity index (χ0v) is 14.7. The summed E-state index contributed by atoms with van der Waals surface area (Å²) >= 11 is 0. The van der Waals surface area contributed by atoms with Gasteiger partial charge in [-0.1, -0.05) is 6.07 Å². The lowest BCUT2D eigenvalue weighted by atomic mass is 10.2. The highest BCUT2D eigenvalue weighted by Gasteiger charge is 2.11. The molecular weight excluding hydrogens is 340 g/mol. The van der Waals surface area contributed by atoms with E-state index < -0.39 is 0 Å². The zero-order chi connectivity index (χ0) is 18.8. The Balaban J connectivity index is 1.60. The fourth-order valence-corrected chi connectivity index (χ4v) is 2.83. The standard InChI is InChI=1S/C21H18N4O2/c1-27-17-4-2-3-16(12-17)23-21(26)14-7-10-18-19(11-14)25-20(24-18)13-5-8-15(22)9-6-13/h2-12H,22H2,1H3,(H,23,26)(H,24,25). The topological polar surface area (TPSA) is 93.0 Å². The van der Waals surface area contributed by atoms with Gasteiger partial charge in [0.25, 0.3) is 5.91 Å². The van der Waals surface area contributed by atoms with Gasteiger partial charge < -0.3 is 20.8 Å². The van der Waals surface area contributed by atoms with Gasteiger partial charge >= 0.3 is 0 Å². The van der Waals surface area contributed by atoms with Crippen molar-refractivity contribution in [3.05, 3.63) is 72.3 Å². The first-order valence-electron chi connectivity index (χ1n) is 8.43. The first kappa shape index (κ1) is 16.7. The lowest BCUT2D eigenvalue weighted by molar-refractivity contribution is 0.102. The number of nitrogens with one attached hydrogen (secondary N) is 2. The zero-order valence-electron chi connectivity index (χ0n) is 14.7. The smallest absolute Gasteiger partial charge is 0.255 e. The Bertz CT molecular complexity index is 1120. The number of hydrogen-bond acceptors (Lipinski definition) is 4. The van der Waals surface area contributed by atoms with Gasteiger partial charge in [-0.25, -0.2) is 4.98 Å². The van der Waals surface area contributed by atoms with Crippen molar-refractivity contribution in [1.29, 1.82) is 0 Å². The third-order valence-electron chi connectivity index (χ3n) is 4.26. The molecule has 0 aliphatic carbocycles. The summed E-state index contributed by atoms with van der Waals surface area (Å²) in [5.41, 5.74) is 10.1. The lowest BCUT2D eigenvalue weighted by Crippen LogP contribution is -2.11. The van der Waals surface area contributed by atoms with E-state index >= 15 is 0 Å². The SMILES string of the molecule is COc1cccc(NC(=O)c2ccc3[nH]c(-c4ccc(N)cc4)nc3c2)c1. The van der Waals surface area contributed by atoms with Crippen LogP contribution in [0.2, 0.25) is 0 Å². The molecule has 0 bridgehead atoms. The van der Waals surface area contributed by atoms with Crippen LogP contribution in [0.1, 0.15) is 10.4 Å². The number of nitrogens with zero attached hydrogens (tertiary/aromatic N) is 1. The molecule has 134 valence electrons. The van der Waals surface area contributed by atoms with Crippen LogP contribution in [-0.4, -0.2) is 23.0 Å². The molecule has 0 spiro atoms. The van der Waals surface area contributed by atoms with Gasteiger partial charge in [-0.3, -0.25) is 4.79 Å². The fourth-order valence-electron chi connectivity index (χ4n) is 2.83. The minimum atomic E-state index is -0.206. The van der Waals surface area contributed by atoms with Crippen LogP contribution >= 0.6 is 0 Å². The van der Waals surface area contributed by atoms with Crippen molar-refractivity contribution >= 4 is 28.3 Å². The van der Waals surface area contributed by atoms with Gasteiger partial charge in [-0.2, -0.15) is 0 Å². The summed E-state index contributed by atoms with van der Waals surface area (Å²) in [6, 6.07) is 20.1. The number of carbonyl (C=O) groups excluding carboxylic acids is 1. The van der Waals surface area contributed by atoms with E-state index in [9.17, 15) is 4.79 Å². The van der Waals surface area contributed by atoms with E-state index in [2.05, 4.69) is 15.3 Å². The van der Waals surface area contributed by atoms with Crippen molar-refractivity contribution < 1.29 is 9.53 Å². The highest BCUT2D eigenvalue weighted by atomic mass is 16.5. The number of nitrogens with two attached hydrogens (primary N) is 1. The molecule has 0 fully saturated rings. The molecule has 0 aliphatic heterocycles. The van der Waals surface area contributed by atoms with E-state index in [0.29, 0.717) is 22.7 Å². The molecule has 0 radical (unpaired) electrons. The summed E-state index contributed by atoms with van der Waals surface area (Å²) in [6.45, 7) is 0. The predicted octanol–water partition coefficient (Wildman–Crippen LogP) is 4.07. The first-order chi connectivity index (χ1) is 13.1. The summed E-state index contributed by atoms with van der Waals surface area (Å²) in [5.74, 6) is 1.21. The van der Waals surface area contributed by atoms with Crippen LogP contribution in [0.4, 0.5) is 11.4 Å². The summed E-state index contributed by atoms with van der Waals surface area (Å²) in [5, 5.41) is 2.87. The molecule has 1 aromatic heterocycles. The van der Waals surface area contributed by atoms with Crippen LogP contribution in [0.15, 0.2) is 66.7 Å². The van der Waals surface area contributed by atoms with Crippen LogP contribution in [0.3, 0.4) is 0 Å². The van der Waals surface area contributed by atoms with Crippen molar-refractivity contribution in [2.24, 2.45) is 0 Å². The lowest BCUT2D eigenvalue weighted by Gasteiger charge is -2.07.